The van der Waals surface area contributed by atoms with Crippen molar-refractivity contribution >= 4 is 29.0 Å². The van der Waals surface area contributed by atoms with Crippen molar-refractivity contribution < 1.29 is 19.4 Å². The van der Waals surface area contributed by atoms with E-state index in [2.05, 4.69) is 10.6 Å². The van der Waals surface area contributed by atoms with E-state index in [1.165, 1.54) is 6.08 Å². The Morgan fingerprint density at radius 2 is 1.75 bits per heavy atom. The van der Waals surface area contributed by atoms with Crippen LogP contribution in [0.1, 0.15) is 30.4 Å². The van der Waals surface area contributed by atoms with E-state index in [0.29, 0.717) is 12.5 Å². The van der Waals surface area contributed by atoms with Gasteiger partial charge in [0.25, 0.3) is 0 Å². The van der Waals surface area contributed by atoms with Crippen LogP contribution < -0.4 is 0 Å². The lowest BCUT2D eigenvalue weighted by Crippen LogP contribution is -2.38. The largest absolute Gasteiger partial charge is 0.478 e. The predicted molar refractivity (Wildman–Crippen MR) is 124 cm³/mol. The molecule has 1 aliphatic rings. The van der Waals surface area contributed by atoms with Crippen molar-refractivity contribution in [2.24, 2.45) is 5.92 Å². The topological polar surface area (TPSA) is 71.8 Å². The summed E-state index contributed by atoms with van der Waals surface area (Å²) in [5.74, 6) is -0.400. The predicted octanol–water partition coefficient (Wildman–Crippen LogP) is 5.18. The van der Waals surface area contributed by atoms with E-state index in [0.717, 1.165) is 60.9 Å². The van der Waals surface area contributed by atoms with Crippen molar-refractivity contribution in [3.05, 3.63) is 78.0 Å². The SMILES string of the molecule is O=C(O)/C=C/c1cn(CCC2CCN(C(=O)OCc3ccccc3)CC2)c2ccccc12. The summed E-state index contributed by atoms with van der Waals surface area (Å²) < 4.78 is 7.66. The fourth-order valence-corrected chi connectivity index (χ4v) is 4.29. The monoisotopic (exact) mass is 432 g/mol. The van der Waals surface area contributed by atoms with Gasteiger partial charge in [0.05, 0.1) is 0 Å². The zero-order valence-electron chi connectivity index (χ0n) is 18.0. The van der Waals surface area contributed by atoms with Gasteiger partial charge in [-0.1, -0.05) is 48.5 Å². The molecule has 3 aromatic rings. The number of benzene rings is 2. The number of aryl methyl sites for hydroxylation is 1. The molecular weight excluding hydrogens is 404 g/mol. The molecule has 0 atom stereocenters. The van der Waals surface area contributed by atoms with E-state index < -0.39 is 5.97 Å². The Kier molecular flexibility index (Phi) is 6.90. The Balaban J connectivity index is 1.29. The number of hydrogen-bond donors (Lipinski definition) is 1. The zero-order chi connectivity index (χ0) is 22.3. The average molecular weight is 433 g/mol. The minimum Gasteiger partial charge on any atom is -0.478 e. The van der Waals surface area contributed by atoms with Crippen LogP contribution in [0.3, 0.4) is 0 Å². The normalized spacial score (nSPS) is 14.8. The van der Waals surface area contributed by atoms with Crippen LogP contribution in [0.25, 0.3) is 17.0 Å². The zero-order valence-corrected chi connectivity index (χ0v) is 18.0. The molecule has 2 aromatic carbocycles. The highest BCUT2D eigenvalue weighted by molar-refractivity contribution is 5.93. The third kappa shape index (κ3) is 5.38. The summed E-state index contributed by atoms with van der Waals surface area (Å²) in [6.45, 7) is 2.61. The van der Waals surface area contributed by atoms with E-state index in [4.69, 9.17) is 9.84 Å². The van der Waals surface area contributed by atoms with E-state index in [9.17, 15) is 9.59 Å². The van der Waals surface area contributed by atoms with Crippen LogP contribution in [0.15, 0.2) is 66.9 Å². The van der Waals surface area contributed by atoms with Crippen LogP contribution in [0.5, 0.6) is 0 Å². The highest BCUT2D eigenvalue weighted by atomic mass is 16.6. The third-order valence-electron chi connectivity index (χ3n) is 6.08. The molecule has 0 radical (unpaired) electrons. The second kappa shape index (κ2) is 10.2. The number of carboxylic acids is 1. The summed E-state index contributed by atoms with van der Waals surface area (Å²) >= 11 is 0. The van der Waals surface area contributed by atoms with Crippen LogP contribution in [0.2, 0.25) is 0 Å². The second-order valence-corrected chi connectivity index (χ2v) is 8.23. The number of fused-ring (bicyclic) bond motifs is 1. The number of piperidine rings is 1. The Bertz CT molecular complexity index is 1100. The molecule has 0 saturated carbocycles. The van der Waals surface area contributed by atoms with Crippen LogP contribution in [0, 0.1) is 5.92 Å². The Labute approximate surface area is 187 Å². The number of rotatable bonds is 7. The molecule has 0 spiro atoms. The number of hydrogen-bond acceptors (Lipinski definition) is 3. The van der Waals surface area contributed by atoms with Crippen molar-refractivity contribution in [2.45, 2.75) is 32.4 Å². The van der Waals surface area contributed by atoms with E-state index in [1.807, 2.05) is 54.7 Å². The quantitative estimate of drug-likeness (QED) is 0.522. The molecule has 1 amide bonds. The van der Waals surface area contributed by atoms with Crippen molar-refractivity contribution in [1.29, 1.82) is 0 Å². The molecule has 1 aliphatic heterocycles. The highest BCUT2D eigenvalue weighted by Gasteiger charge is 2.24. The maximum atomic E-state index is 12.4. The lowest BCUT2D eigenvalue weighted by molar-refractivity contribution is -0.131. The van der Waals surface area contributed by atoms with Crippen molar-refractivity contribution in [2.75, 3.05) is 13.1 Å². The number of para-hydroxylation sites is 1. The average Bonchev–Trinajstić information content (AvgIpc) is 3.18. The fourth-order valence-electron chi connectivity index (χ4n) is 4.29. The van der Waals surface area contributed by atoms with Crippen molar-refractivity contribution in [3.8, 4) is 0 Å². The number of carboxylic acid groups (broad SMARTS) is 1. The van der Waals surface area contributed by atoms with Gasteiger partial charge < -0.3 is 19.3 Å². The van der Waals surface area contributed by atoms with Crippen LogP contribution in [0.4, 0.5) is 4.79 Å². The summed E-state index contributed by atoms with van der Waals surface area (Å²) in [7, 11) is 0. The number of aromatic nitrogens is 1. The smallest absolute Gasteiger partial charge is 0.410 e. The molecular formula is C26H28N2O4. The van der Waals surface area contributed by atoms with Gasteiger partial charge in [0.15, 0.2) is 0 Å². The first-order chi connectivity index (χ1) is 15.6. The van der Waals surface area contributed by atoms with Crippen LogP contribution in [-0.4, -0.2) is 39.7 Å². The molecule has 4 rings (SSSR count). The first kappa shape index (κ1) is 21.7. The number of ether oxygens (including phenoxy) is 1. The molecule has 32 heavy (non-hydrogen) atoms. The summed E-state index contributed by atoms with van der Waals surface area (Å²) in [6.07, 6.45) is 7.57. The number of likely N-dealkylation sites (tertiary alicyclic amines) is 1. The number of carbonyl (C=O) groups excluding carboxylic acids is 1. The maximum absolute atomic E-state index is 12.4. The van der Waals surface area contributed by atoms with Gasteiger partial charge in [-0.05, 0) is 42.9 Å². The van der Waals surface area contributed by atoms with Gasteiger partial charge in [-0.15, -0.1) is 0 Å². The molecule has 1 saturated heterocycles. The molecule has 1 N–H and O–H groups in total. The summed E-state index contributed by atoms with van der Waals surface area (Å²) in [5, 5.41) is 10.0. The number of amides is 1. The number of aliphatic carboxylic acids is 1. The first-order valence-corrected chi connectivity index (χ1v) is 11.0. The van der Waals surface area contributed by atoms with E-state index in [-0.39, 0.29) is 6.09 Å². The second-order valence-electron chi connectivity index (χ2n) is 8.23. The first-order valence-electron chi connectivity index (χ1n) is 11.0. The third-order valence-corrected chi connectivity index (χ3v) is 6.08. The van der Waals surface area contributed by atoms with Crippen molar-refractivity contribution in [1.82, 2.24) is 9.47 Å². The lowest BCUT2D eigenvalue weighted by Gasteiger charge is -2.31. The molecule has 0 unspecified atom stereocenters. The van der Waals surface area contributed by atoms with Gasteiger partial charge in [-0.3, -0.25) is 0 Å². The summed E-state index contributed by atoms with van der Waals surface area (Å²) in [6, 6.07) is 17.8. The highest BCUT2D eigenvalue weighted by Crippen LogP contribution is 2.26. The molecule has 6 heteroatoms. The number of nitrogens with zero attached hydrogens (tertiary/aromatic N) is 2. The Hall–Kier alpha value is -3.54. The van der Waals surface area contributed by atoms with Gasteiger partial charge in [0.1, 0.15) is 6.61 Å². The molecule has 0 bridgehead atoms. The van der Waals surface area contributed by atoms with Gasteiger partial charge in [0.2, 0.25) is 0 Å². The number of carbonyl (C=O) groups is 2. The Morgan fingerprint density at radius 1 is 1.03 bits per heavy atom. The molecule has 6 nitrogen and oxygen atoms in total. The summed E-state index contributed by atoms with van der Waals surface area (Å²) in [5.41, 5.74) is 3.02. The minimum atomic E-state index is -0.948. The van der Waals surface area contributed by atoms with Gasteiger partial charge in [-0.2, -0.15) is 0 Å². The van der Waals surface area contributed by atoms with E-state index >= 15 is 0 Å². The van der Waals surface area contributed by atoms with Gasteiger partial charge >= 0.3 is 12.1 Å². The van der Waals surface area contributed by atoms with Gasteiger partial charge in [-0.25, -0.2) is 9.59 Å². The maximum Gasteiger partial charge on any atom is 0.410 e. The lowest BCUT2D eigenvalue weighted by atomic mass is 9.94. The molecule has 1 aromatic heterocycles. The van der Waals surface area contributed by atoms with E-state index in [1.54, 1.807) is 11.0 Å². The van der Waals surface area contributed by atoms with Crippen LogP contribution in [-0.2, 0) is 22.7 Å². The van der Waals surface area contributed by atoms with Crippen LogP contribution >= 0.6 is 0 Å². The molecule has 0 aliphatic carbocycles. The summed E-state index contributed by atoms with van der Waals surface area (Å²) in [4.78, 5) is 25.1. The molecule has 2 heterocycles. The molecule has 166 valence electrons. The minimum absolute atomic E-state index is 0.237. The standard InChI is InChI=1S/C26H28N2O4/c29-25(30)11-10-22-18-28(24-9-5-4-8-23(22)24)17-14-20-12-15-27(16-13-20)26(31)32-19-21-6-2-1-3-7-21/h1-11,18,20H,12-17,19H2,(H,29,30)/b11-10+. The fraction of sp³-hybridized carbons (Fsp3) is 0.308. The van der Waals surface area contributed by atoms with Gasteiger partial charge in [0, 0.05) is 48.4 Å². The Morgan fingerprint density at radius 3 is 2.50 bits per heavy atom. The van der Waals surface area contributed by atoms with Crippen molar-refractivity contribution in [3.63, 3.8) is 0 Å². The molecule has 1 fully saturated rings.